The van der Waals surface area contributed by atoms with E-state index < -0.39 is 22.8 Å². The van der Waals surface area contributed by atoms with Crippen molar-refractivity contribution in [2.75, 3.05) is 18.1 Å². The summed E-state index contributed by atoms with van der Waals surface area (Å²) in [5, 5.41) is 19.8. The van der Waals surface area contributed by atoms with Crippen LogP contribution in [0.5, 0.6) is 0 Å². The number of thioether (sulfide) groups is 1. The average molecular weight is 331 g/mol. The second kappa shape index (κ2) is 6.31. The van der Waals surface area contributed by atoms with Crippen molar-refractivity contribution in [3.8, 4) is 0 Å². The van der Waals surface area contributed by atoms with E-state index in [-0.39, 0.29) is 16.3 Å². The van der Waals surface area contributed by atoms with E-state index >= 15 is 0 Å². The van der Waals surface area contributed by atoms with Crippen molar-refractivity contribution < 1.29 is 19.6 Å². The van der Waals surface area contributed by atoms with Gasteiger partial charge in [0.15, 0.2) is 0 Å². The maximum Gasteiger partial charge on any atom is 0.327 e. The predicted molar refractivity (Wildman–Crippen MR) is 77.9 cm³/mol. The molecule has 1 saturated heterocycles. The van der Waals surface area contributed by atoms with Gasteiger partial charge >= 0.3 is 5.97 Å². The molecule has 9 heteroatoms. The Morgan fingerprint density at radius 1 is 1.48 bits per heavy atom. The summed E-state index contributed by atoms with van der Waals surface area (Å²) in [5.41, 5.74) is -0.152. The van der Waals surface area contributed by atoms with Gasteiger partial charge in [0.25, 0.3) is 11.6 Å². The number of nitro benzene ring substituents is 1. The minimum atomic E-state index is -1.08. The summed E-state index contributed by atoms with van der Waals surface area (Å²) < 4.78 is 0. The molecular formula is C12H11ClN2O5S. The molecule has 1 unspecified atom stereocenters. The largest absolute Gasteiger partial charge is 0.480 e. The third-order valence-corrected chi connectivity index (χ3v) is 4.40. The first-order chi connectivity index (χ1) is 9.91. The number of aliphatic carboxylic acids is 1. The first kappa shape index (κ1) is 15.6. The van der Waals surface area contributed by atoms with Crippen molar-refractivity contribution in [3.63, 3.8) is 0 Å². The van der Waals surface area contributed by atoms with Gasteiger partial charge in [-0.1, -0.05) is 11.6 Å². The summed E-state index contributed by atoms with van der Waals surface area (Å²) in [7, 11) is 0. The van der Waals surface area contributed by atoms with Crippen molar-refractivity contribution in [2.24, 2.45) is 0 Å². The monoisotopic (exact) mass is 330 g/mol. The number of non-ortho nitro benzene ring substituents is 1. The second-order valence-corrected chi connectivity index (χ2v) is 5.91. The van der Waals surface area contributed by atoms with Crippen LogP contribution < -0.4 is 0 Å². The first-order valence-electron chi connectivity index (χ1n) is 5.97. The molecule has 1 aromatic rings. The molecule has 1 fully saturated rings. The number of carboxylic acid groups (broad SMARTS) is 1. The topological polar surface area (TPSA) is 101 Å². The lowest BCUT2D eigenvalue weighted by atomic mass is 10.1. The third-order valence-electron chi connectivity index (χ3n) is 3.07. The smallest absolute Gasteiger partial charge is 0.327 e. The minimum absolute atomic E-state index is 0.0587. The van der Waals surface area contributed by atoms with Crippen molar-refractivity contribution in [1.82, 2.24) is 4.90 Å². The van der Waals surface area contributed by atoms with Crippen LogP contribution in [0.3, 0.4) is 0 Å². The molecule has 0 bridgehead atoms. The lowest BCUT2D eigenvalue weighted by Gasteiger charge is -2.32. The van der Waals surface area contributed by atoms with Gasteiger partial charge in [-0.05, 0) is 6.07 Å². The summed E-state index contributed by atoms with van der Waals surface area (Å²) in [6.07, 6.45) is 0. The molecular weight excluding hydrogens is 320 g/mol. The minimum Gasteiger partial charge on any atom is -0.480 e. The van der Waals surface area contributed by atoms with E-state index in [1.165, 1.54) is 28.8 Å². The van der Waals surface area contributed by atoms with E-state index in [1.807, 2.05) is 0 Å². The van der Waals surface area contributed by atoms with Gasteiger partial charge in [-0.2, -0.15) is 11.8 Å². The van der Waals surface area contributed by atoms with Gasteiger partial charge in [0.05, 0.1) is 15.5 Å². The SMILES string of the molecule is O=C(O)C1CSCCN1C(=O)c1ccc([N+](=O)[O-])cc1Cl. The standard InChI is InChI=1S/C12H11ClN2O5S/c13-9-5-7(15(19)20)1-2-8(9)11(16)14-3-4-21-6-10(14)12(17)18/h1-2,5,10H,3-4,6H2,(H,17,18). The second-order valence-electron chi connectivity index (χ2n) is 4.35. The highest BCUT2D eigenvalue weighted by atomic mass is 35.5. The van der Waals surface area contributed by atoms with Crippen LogP contribution in [0.2, 0.25) is 5.02 Å². The molecule has 0 radical (unpaired) electrons. The number of benzene rings is 1. The Morgan fingerprint density at radius 3 is 2.76 bits per heavy atom. The summed E-state index contributed by atoms with van der Waals surface area (Å²) in [6.45, 7) is 0.299. The number of nitrogens with zero attached hydrogens (tertiary/aromatic N) is 2. The molecule has 1 aliphatic heterocycles. The van der Waals surface area contributed by atoms with Gasteiger partial charge in [-0.15, -0.1) is 0 Å². The van der Waals surface area contributed by atoms with E-state index in [1.54, 1.807) is 0 Å². The highest BCUT2D eigenvalue weighted by Crippen LogP contribution is 2.26. The molecule has 0 aromatic heterocycles. The molecule has 112 valence electrons. The molecule has 1 atom stereocenters. The van der Waals surface area contributed by atoms with Crippen LogP contribution in [-0.4, -0.2) is 50.9 Å². The number of rotatable bonds is 3. The molecule has 0 spiro atoms. The van der Waals surface area contributed by atoms with Crippen LogP contribution in [-0.2, 0) is 4.79 Å². The number of carbonyl (C=O) groups excluding carboxylic acids is 1. The Balaban J connectivity index is 2.30. The number of carboxylic acids is 1. The fourth-order valence-electron chi connectivity index (χ4n) is 2.00. The van der Waals surface area contributed by atoms with Crippen molar-refractivity contribution in [1.29, 1.82) is 0 Å². The van der Waals surface area contributed by atoms with Crippen molar-refractivity contribution in [3.05, 3.63) is 38.9 Å². The van der Waals surface area contributed by atoms with Crippen LogP contribution >= 0.6 is 23.4 Å². The summed E-state index contributed by atoms with van der Waals surface area (Å²) >= 11 is 7.37. The lowest BCUT2D eigenvalue weighted by Crippen LogP contribution is -2.50. The van der Waals surface area contributed by atoms with E-state index in [2.05, 4.69) is 0 Å². The molecule has 1 N–H and O–H groups in total. The Bertz CT molecular complexity index is 609. The molecule has 2 rings (SSSR count). The normalized spacial score (nSPS) is 18.3. The van der Waals surface area contributed by atoms with Gasteiger partial charge in [0.1, 0.15) is 6.04 Å². The molecule has 7 nitrogen and oxygen atoms in total. The van der Waals surface area contributed by atoms with E-state index in [9.17, 15) is 19.7 Å². The predicted octanol–water partition coefficient (Wildman–Crippen LogP) is 1.89. The zero-order valence-electron chi connectivity index (χ0n) is 10.7. The highest BCUT2D eigenvalue weighted by molar-refractivity contribution is 7.99. The molecule has 21 heavy (non-hydrogen) atoms. The Kier molecular flexibility index (Phi) is 4.69. The molecule has 1 amide bonds. The maximum atomic E-state index is 12.4. The van der Waals surface area contributed by atoms with Crippen LogP contribution in [0.1, 0.15) is 10.4 Å². The zero-order chi connectivity index (χ0) is 15.6. The summed E-state index contributed by atoms with van der Waals surface area (Å²) in [4.78, 5) is 34.9. The van der Waals surface area contributed by atoms with Crippen molar-refractivity contribution in [2.45, 2.75) is 6.04 Å². The fourth-order valence-corrected chi connectivity index (χ4v) is 3.29. The van der Waals surface area contributed by atoms with Gasteiger partial charge in [0, 0.05) is 30.2 Å². The summed E-state index contributed by atoms with van der Waals surface area (Å²) in [6, 6.07) is 2.60. The number of carbonyl (C=O) groups is 2. The average Bonchev–Trinajstić information content (AvgIpc) is 2.46. The van der Waals surface area contributed by atoms with Crippen LogP contribution in [0.15, 0.2) is 18.2 Å². The van der Waals surface area contributed by atoms with Gasteiger partial charge in [-0.3, -0.25) is 14.9 Å². The Morgan fingerprint density at radius 2 is 2.19 bits per heavy atom. The van der Waals surface area contributed by atoms with Gasteiger partial charge < -0.3 is 10.0 Å². The number of halogens is 1. The van der Waals surface area contributed by atoms with E-state index in [0.29, 0.717) is 18.1 Å². The number of nitro groups is 1. The number of amides is 1. The maximum absolute atomic E-state index is 12.4. The quantitative estimate of drug-likeness (QED) is 0.671. The lowest BCUT2D eigenvalue weighted by molar-refractivity contribution is -0.384. The van der Waals surface area contributed by atoms with E-state index in [4.69, 9.17) is 16.7 Å². The number of hydrogen-bond donors (Lipinski definition) is 1. The Labute approximate surface area is 129 Å². The summed E-state index contributed by atoms with van der Waals surface area (Å²) in [5.74, 6) is -0.651. The molecule has 0 aliphatic carbocycles. The molecule has 1 aromatic carbocycles. The molecule has 1 heterocycles. The van der Waals surface area contributed by atoms with Crippen LogP contribution in [0, 0.1) is 10.1 Å². The fraction of sp³-hybridized carbons (Fsp3) is 0.333. The van der Waals surface area contributed by atoms with Crippen LogP contribution in [0.25, 0.3) is 0 Å². The highest BCUT2D eigenvalue weighted by Gasteiger charge is 2.33. The van der Waals surface area contributed by atoms with Gasteiger partial charge in [0.2, 0.25) is 0 Å². The first-order valence-corrected chi connectivity index (χ1v) is 7.50. The number of hydrogen-bond acceptors (Lipinski definition) is 5. The van der Waals surface area contributed by atoms with E-state index in [0.717, 1.165) is 6.07 Å². The zero-order valence-corrected chi connectivity index (χ0v) is 12.3. The molecule has 0 saturated carbocycles. The van der Waals surface area contributed by atoms with Gasteiger partial charge in [-0.25, -0.2) is 4.79 Å². The van der Waals surface area contributed by atoms with Crippen molar-refractivity contribution >= 4 is 40.9 Å². The van der Waals surface area contributed by atoms with Crippen LogP contribution in [0.4, 0.5) is 5.69 Å². The Hall–Kier alpha value is -1.80. The molecule has 1 aliphatic rings. The third kappa shape index (κ3) is 3.27.